The van der Waals surface area contributed by atoms with Crippen LogP contribution < -0.4 is 9.47 Å². The number of rotatable bonds is 5. The summed E-state index contributed by atoms with van der Waals surface area (Å²) in [5.41, 5.74) is 1.56. The van der Waals surface area contributed by atoms with Gasteiger partial charge in [0.15, 0.2) is 12.6 Å². The number of aliphatic hydroxyl groups is 2. The Morgan fingerprint density at radius 2 is 1.03 bits per heavy atom. The summed E-state index contributed by atoms with van der Waals surface area (Å²) < 4.78 is 33.7. The predicted octanol–water partition coefficient (Wildman–Crippen LogP) is 1.95. The molecule has 162 valence electrons. The Morgan fingerprint density at radius 1 is 0.667 bits per heavy atom. The fourth-order valence-electron chi connectivity index (χ4n) is 3.57. The van der Waals surface area contributed by atoms with Crippen LogP contribution in [-0.2, 0) is 18.9 Å². The first-order valence-electron chi connectivity index (χ1n) is 9.77. The fourth-order valence-corrected chi connectivity index (χ4v) is 3.57. The molecule has 2 fully saturated rings. The van der Waals surface area contributed by atoms with Gasteiger partial charge in [-0.2, -0.15) is 0 Å². The van der Waals surface area contributed by atoms with E-state index in [9.17, 15) is 10.2 Å². The maximum absolute atomic E-state index is 10.5. The minimum absolute atomic E-state index is 0.0575. The molecule has 2 aromatic rings. The molecule has 0 bridgehead atoms. The van der Waals surface area contributed by atoms with Crippen LogP contribution in [0, 0.1) is 0 Å². The molecule has 0 amide bonds. The summed E-state index contributed by atoms with van der Waals surface area (Å²) in [4.78, 5) is 0. The lowest BCUT2D eigenvalue weighted by molar-refractivity contribution is -0.331. The Kier molecular flexibility index (Phi) is 6.52. The molecule has 2 heterocycles. The third-order valence-corrected chi connectivity index (χ3v) is 5.26. The van der Waals surface area contributed by atoms with Gasteiger partial charge in [-0.25, -0.2) is 0 Å². The summed E-state index contributed by atoms with van der Waals surface area (Å²) in [5, 5.41) is 21.0. The van der Waals surface area contributed by atoms with E-state index in [2.05, 4.69) is 0 Å². The largest absolute Gasteiger partial charge is 0.497 e. The molecule has 30 heavy (non-hydrogen) atoms. The number of benzene rings is 2. The Labute approximate surface area is 174 Å². The average Bonchev–Trinajstić information content (AvgIpc) is 2.80. The summed E-state index contributed by atoms with van der Waals surface area (Å²) in [6, 6.07) is 14.6. The maximum atomic E-state index is 10.5. The lowest BCUT2D eigenvalue weighted by Crippen LogP contribution is -2.55. The van der Waals surface area contributed by atoms with Crippen molar-refractivity contribution in [2.24, 2.45) is 0 Å². The number of aliphatic hydroxyl groups excluding tert-OH is 2. The van der Waals surface area contributed by atoms with Crippen LogP contribution in [0.5, 0.6) is 11.5 Å². The highest BCUT2D eigenvalue weighted by molar-refractivity contribution is 5.29. The van der Waals surface area contributed by atoms with Crippen molar-refractivity contribution in [2.45, 2.75) is 37.0 Å². The number of hydrogen-bond donors (Lipinski definition) is 2. The standard InChI is InChI=1S/C22H26O8/c1-25-15-7-3-13(4-8-15)21-27-11-17(23)19(29-21)20-18(24)12-28-22(30-20)14-5-9-16(26-2)10-6-14/h3-10,17-24H,11-12H2,1-2H3/t17-,18-,19-,20-,21?,22?/m1/s1. The molecular weight excluding hydrogens is 392 g/mol. The highest BCUT2D eigenvalue weighted by Gasteiger charge is 2.44. The molecule has 2 N–H and O–H groups in total. The predicted molar refractivity (Wildman–Crippen MR) is 105 cm³/mol. The summed E-state index contributed by atoms with van der Waals surface area (Å²) in [6.45, 7) is 0.115. The Morgan fingerprint density at radius 3 is 1.37 bits per heavy atom. The van der Waals surface area contributed by atoms with E-state index < -0.39 is 37.0 Å². The molecule has 0 aliphatic carbocycles. The van der Waals surface area contributed by atoms with Crippen LogP contribution in [0.2, 0.25) is 0 Å². The van der Waals surface area contributed by atoms with Crippen molar-refractivity contribution in [1.82, 2.24) is 0 Å². The first kappa shape index (κ1) is 21.0. The SMILES string of the molecule is COc1ccc(C2OC[C@@H](O)[C@H]([C@@H]3OC(c4ccc(OC)cc4)OC[C@H]3O)O2)cc1. The van der Waals surface area contributed by atoms with Crippen LogP contribution >= 0.6 is 0 Å². The van der Waals surface area contributed by atoms with Gasteiger partial charge in [-0.15, -0.1) is 0 Å². The van der Waals surface area contributed by atoms with Crippen LogP contribution in [0.25, 0.3) is 0 Å². The van der Waals surface area contributed by atoms with Crippen molar-refractivity contribution >= 4 is 0 Å². The smallest absolute Gasteiger partial charge is 0.184 e. The molecule has 4 rings (SSSR count). The maximum Gasteiger partial charge on any atom is 0.184 e. The highest BCUT2D eigenvalue weighted by atomic mass is 16.7. The van der Waals surface area contributed by atoms with Gasteiger partial charge in [0.25, 0.3) is 0 Å². The van der Waals surface area contributed by atoms with Crippen molar-refractivity contribution < 1.29 is 38.6 Å². The van der Waals surface area contributed by atoms with E-state index in [4.69, 9.17) is 28.4 Å². The second-order valence-electron chi connectivity index (χ2n) is 7.21. The average molecular weight is 418 g/mol. The summed E-state index contributed by atoms with van der Waals surface area (Å²) in [5.74, 6) is 1.44. The minimum Gasteiger partial charge on any atom is -0.497 e. The van der Waals surface area contributed by atoms with Gasteiger partial charge in [-0.3, -0.25) is 0 Å². The van der Waals surface area contributed by atoms with E-state index in [1.165, 1.54) is 0 Å². The molecule has 0 spiro atoms. The second-order valence-corrected chi connectivity index (χ2v) is 7.21. The number of methoxy groups -OCH3 is 2. The molecule has 6 atom stereocenters. The van der Waals surface area contributed by atoms with Gasteiger partial charge in [-0.05, 0) is 24.3 Å². The van der Waals surface area contributed by atoms with Crippen LogP contribution in [-0.4, -0.2) is 62.1 Å². The summed E-state index contributed by atoms with van der Waals surface area (Å²) >= 11 is 0. The van der Waals surface area contributed by atoms with Crippen molar-refractivity contribution in [2.75, 3.05) is 27.4 Å². The van der Waals surface area contributed by atoms with Crippen molar-refractivity contribution in [3.63, 3.8) is 0 Å². The van der Waals surface area contributed by atoms with E-state index in [1.54, 1.807) is 14.2 Å². The van der Waals surface area contributed by atoms with Gasteiger partial charge in [0.05, 0.1) is 27.4 Å². The van der Waals surface area contributed by atoms with Crippen molar-refractivity contribution in [3.8, 4) is 11.5 Å². The molecule has 2 aliphatic rings. The van der Waals surface area contributed by atoms with Crippen molar-refractivity contribution in [1.29, 1.82) is 0 Å². The molecule has 2 aromatic carbocycles. The quantitative estimate of drug-likeness (QED) is 0.761. The van der Waals surface area contributed by atoms with Crippen LogP contribution in [0.1, 0.15) is 23.7 Å². The Balaban J connectivity index is 1.49. The third kappa shape index (κ3) is 4.44. The van der Waals surface area contributed by atoms with Crippen LogP contribution in [0.3, 0.4) is 0 Å². The van der Waals surface area contributed by atoms with E-state index in [0.29, 0.717) is 0 Å². The Bertz CT molecular complexity index is 739. The van der Waals surface area contributed by atoms with Crippen molar-refractivity contribution in [3.05, 3.63) is 59.7 Å². The first-order valence-corrected chi connectivity index (χ1v) is 9.77. The highest BCUT2D eigenvalue weighted by Crippen LogP contribution is 2.35. The lowest BCUT2D eigenvalue weighted by atomic mass is 10.0. The lowest BCUT2D eigenvalue weighted by Gasteiger charge is -2.43. The fraction of sp³-hybridized carbons (Fsp3) is 0.455. The zero-order chi connectivity index (χ0) is 21.1. The third-order valence-electron chi connectivity index (χ3n) is 5.26. The molecule has 8 heteroatoms. The van der Waals surface area contributed by atoms with E-state index in [-0.39, 0.29) is 13.2 Å². The molecule has 2 unspecified atom stereocenters. The topological polar surface area (TPSA) is 95.8 Å². The minimum atomic E-state index is -0.950. The molecular formula is C22H26O8. The number of ether oxygens (including phenoxy) is 6. The monoisotopic (exact) mass is 418 g/mol. The summed E-state index contributed by atoms with van der Waals surface area (Å²) in [6.07, 6.45) is -4.86. The van der Waals surface area contributed by atoms with Crippen LogP contribution in [0.4, 0.5) is 0 Å². The first-order chi connectivity index (χ1) is 14.6. The van der Waals surface area contributed by atoms with Gasteiger partial charge in [0, 0.05) is 11.1 Å². The number of hydrogen-bond acceptors (Lipinski definition) is 8. The van der Waals surface area contributed by atoms with Crippen LogP contribution in [0.15, 0.2) is 48.5 Å². The van der Waals surface area contributed by atoms with Gasteiger partial charge >= 0.3 is 0 Å². The van der Waals surface area contributed by atoms with E-state index >= 15 is 0 Å². The van der Waals surface area contributed by atoms with Gasteiger partial charge in [-0.1, -0.05) is 24.3 Å². The zero-order valence-corrected chi connectivity index (χ0v) is 16.8. The molecule has 0 radical (unpaired) electrons. The van der Waals surface area contributed by atoms with E-state index in [1.807, 2.05) is 48.5 Å². The Hall–Kier alpha value is -2.20. The van der Waals surface area contributed by atoms with Gasteiger partial charge < -0.3 is 38.6 Å². The molecule has 0 aromatic heterocycles. The molecule has 8 nitrogen and oxygen atoms in total. The van der Waals surface area contributed by atoms with E-state index in [0.717, 1.165) is 22.6 Å². The molecule has 2 saturated heterocycles. The molecule has 0 saturated carbocycles. The second kappa shape index (κ2) is 9.30. The van der Waals surface area contributed by atoms with Gasteiger partial charge in [0.2, 0.25) is 0 Å². The molecule has 2 aliphatic heterocycles. The summed E-state index contributed by atoms with van der Waals surface area (Å²) in [7, 11) is 3.19. The van der Waals surface area contributed by atoms with Gasteiger partial charge in [0.1, 0.15) is 35.9 Å². The normalized spacial score (nSPS) is 31.9. The zero-order valence-electron chi connectivity index (χ0n) is 16.8.